The van der Waals surface area contributed by atoms with Gasteiger partial charge in [0.25, 0.3) is 11.4 Å². The van der Waals surface area contributed by atoms with Gasteiger partial charge in [0.05, 0.1) is 19.1 Å². The minimum Gasteiger partial charge on any atom is -0.466 e. The third kappa shape index (κ3) is 3.46. The van der Waals surface area contributed by atoms with Crippen molar-refractivity contribution in [3.05, 3.63) is 0 Å². The van der Waals surface area contributed by atoms with E-state index in [1.165, 1.54) is 13.8 Å². The van der Waals surface area contributed by atoms with E-state index in [0.29, 0.717) is 0 Å². The maximum Gasteiger partial charge on any atom is 0.353 e. The molecule has 0 aromatic heterocycles. The van der Waals surface area contributed by atoms with Crippen LogP contribution in [0.3, 0.4) is 0 Å². The molecule has 7 heteroatoms. The zero-order valence-corrected chi connectivity index (χ0v) is 16.6. The highest BCUT2D eigenvalue weighted by Gasteiger charge is 2.68. The Labute approximate surface area is 160 Å². The maximum atomic E-state index is 13.1. The van der Waals surface area contributed by atoms with Crippen molar-refractivity contribution in [2.75, 3.05) is 13.2 Å². The summed E-state index contributed by atoms with van der Waals surface area (Å²) < 4.78 is 22.1. The molecule has 2 heterocycles. The van der Waals surface area contributed by atoms with E-state index in [0.717, 1.165) is 32.1 Å². The van der Waals surface area contributed by atoms with Crippen molar-refractivity contribution in [2.24, 2.45) is 23.7 Å². The monoisotopic (exact) mass is 382 g/mol. The third-order valence-corrected chi connectivity index (χ3v) is 6.04. The van der Waals surface area contributed by atoms with Crippen LogP contribution in [0.5, 0.6) is 0 Å². The molecule has 0 N–H and O–H groups in total. The highest BCUT2D eigenvalue weighted by atomic mass is 16.8. The lowest BCUT2D eigenvalue weighted by Gasteiger charge is -2.52. The van der Waals surface area contributed by atoms with Crippen LogP contribution in [0.25, 0.3) is 0 Å². The standard InChI is InChI=1S/C20H30O7/c1-5-24-16(21)14-12(2)11-25-20(15(14)13-9-7-6-8-10-13)17(22)26-19(3,4)27-18(20)23/h12-15H,5-11H2,1-4H3/t12-,14+,15-/m1/s1. The number of ether oxygens (including phenoxy) is 4. The molecule has 3 fully saturated rings. The van der Waals surface area contributed by atoms with Gasteiger partial charge < -0.3 is 18.9 Å². The lowest BCUT2D eigenvalue weighted by molar-refractivity contribution is -0.286. The summed E-state index contributed by atoms with van der Waals surface area (Å²) >= 11 is 0. The second-order valence-corrected chi connectivity index (χ2v) is 8.40. The van der Waals surface area contributed by atoms with Gasteiger partial charge in [0, 0.05) is 19.8 Å². The highest BCUT2D eigenvalue weighted by molar-refractivity contribution is 6.06. The average Bonchev–Trinajstić information content (AvgIpc) is 2.60. The van der Waals surface area contributed by atoms with Gasteiger partial charge in [0.1, 0.15) is 0 Å². The molecule has 0 bridgehead atoms. The SMILES string of the molecule is CCOC(=O)[C@H]1[C@H](C)COC2(C(=O)OC(C)(C)OC2=O)[C@@H]1C1CCCCC1. The van der Waals surface area contributed by atoms with Gasteiger partial charge in [-0.25, -0.2) is 9.59 Å². The molecular formula is C20H30O7. The van der Waals surface area contributed by atoms with Crippen LogP contribution in [0.15, 0.2) is 0 Å². The fourth-order valence-corrected chi connectivity index (χ4v) is 4.90. The predicted molar refractivity (Wildman–Crippen MR) is 94.3 cm³/mol. The zero-order valence-electron chi connectivity index (χ0n) is 16.6. The van der Waals surface area contributed by atoms with Gasteiger partial charge in [-0.05, 0) is 18.8 Å². The maximum absolute atomic E-state index is 13.1. The van der Waals surface area contributed by atoms with E-state index in [4.69, 9.17) is 18.9 Å². The Hall–Kier alpha value is -1.63. The van der Waals surface area contributed by atoms with Crippen molar-refractivity contribution in [3.8, 4) is 0 Å². The topological polar surface area (TPSA) is 88.1 Å². The Balaban J connectivity index is 2.06. The van der Waals surface area contributed by atoms with Gasteiger partial charge in [-0.15, -0.1) is 0 Å². The van der Waals surface area contributed by atoms with Crippen LogP contribution in [-0.2, 0) is 33.3 Å². The molecule has 7 nitrogen and oxygen atoms in total. The first-order valence-corrected chi connectivity index (χ1v) is 10.0. The molecule has 0 amide bonds. The molecule has 1 aliphatic carbocycles. The van der Waals surface area contributed by atoms with Crippen LogP contribution >= 0.6 is 0 Å². The smallest absolute Gasteiger partial charge is 0.353 e. The van der Waals surface area contributed by atoms with Crippen LogP contribution in [0.2, 0.25) is 0 Å². The molecule has 3 atom stereocenters. The fraction of sp³-hybridized carbons (Fsp3) is 0.850. The number of hydrogen-bond acceptors (Lipinski definition) is 7. The van der Waals surface area contributed by atoms with Crippen molar-refractivity contribution in [2.45, 2.75) is 71.2 Å². The molecule has 1 spiro atoms. The zero-order chi connectivity index (χ0) is 19.8. The molecule has 2 aliphatic heterocycles. The van der Waals surface area contributed by atoms with Gasteiger partial charge in [-0.2, -0.15) is 0 Å². The van der Waals surface area contributed by atoms with E-state index in [-0.39, 0.29) is 31.0 Å². The first-order chi connectivity index (χ1) is 12.7. The molecule has 1 saturated carbocycles. The first kappa shape index (κ1) is 20.1. The Kier molecular flexibility index (Phi) is 5.52. The fourth-order valence-electron chi connectivity index (χ4n) is 4.90. The molecule has 27 heavy (non-hydrogen) atoms. The minimum absolute atomic E-state index is 0.00258. The second kappa shape index (κ2) is 7.41. The van der Waals surface area contributed by atoms with Crippen molar-refractivity contribution in [1.29, 1.82) is 0 Å². The van der Waals surface area contributed by atoms with Crippen molar-refractivity contribution in [1.82, 2.24) is 0 Å². The normalized spacial score (nSPS) is 33.3. The summed E-state index contributed by atoms with van der Waals surface area (Å²) in [5.41, 5.74) is -1.89. The summed E-state index contributed by atoms with van der Waals surface area (Å²) in [7, 11) is 0. The van der Waals surface area contributed by atoms with E-state index < -0.39 is 35.2 Å². The van der Waals surface area contributed by atoms with Gasteiger partial charge in [-0.3, -0.25) is 4.79 Å². The van der Waals surface area contributed by atoms with Crippen LogP contribution in [0, 0.1) is 23.7 Å². The predicted octanol–water partition coefficient (Wildman–Crippen LogP) is 2.60. The number of esters is 3. The number of carbonyl (C=O) groups is 3. The third-order valence-electron chi connectivity index (χ3n) is 6.04. The molecule has 0 aromatic rings. The van der Waals surface area contributed by atoms with E-state index in [1.807, 2.05) is 6.92 Å². The van der Waals surface area contributed by atoms with Crippen LogP contribution in [0.1, 0.15) is 59.8 Å². The van der Waals surface area contributed by atoms with Crippen LogP contribution in [-0.4, -0.2) is 42.5 Å². The van der Waals surface area contributed by atoms with Crippen molar-refractivity contribution < 1.29 is 33.3 Å². The summed E-state index contributed by atoms with van der Waals surface area (Å²) in [5.74, 6) is -4.65. The van der Waals surface area contributed by atoms with Gasteiger partial charge >= 0.3 is 17.9 Å². The number of cyclic esters (lactones) is 2. The van der Waals surface area contributed by atoms with E-state index >= 15 is 0 Å². The molecule has 152 valence electrons. The first-order valence-electron chi connectivity index (χ1n) is 10.0. The van der Waals surface area contributed by atoms with E-state index in [1.54, 1.807) is 6.92 Å². The van der Waals surface area contributed by atoms with Gasteiger partial charge in [0.2, 0.25) is 0 Å². The molecule has 3 aliphatic rings. The summed E-state index contributed by atoms with van der Waals surface area (Å²) in [6.07, 6.45) is 4.77. The average molecular weight is 382 g/mol. The molecular weight excluding hydrogens is 352 g/mol. The molecule has 0 unspecified atom stereocenters. The highest BCUT2D eigenvalue weighted by Crippen LogP contribution is 2.50. The van der Waals surface area contributed by atoms with Crippen molar-refractivity contribution >= 4 is 17.9 Å². The molecule has 0 radical (unpaired) electrons. The second-order valence-electron chi connectivity index (χ2n) is 8.40. The summed E-state index contributed by atoms with van der Waals surface area (Å²) in [4.78, 5) is 39.0. The lowest BCUT2D eigenvalue weighted by atomic mass is 9.61. The number of rotatable bonds is 3. The van der Waals surface area contributed by atoms with Crippen LogP contribution in [0.4, 0.5) is 0 Å². The largest absolute Gasteiger partial charge is 0.466 e. The lowest BCUT2D eigenvalue weighted by Crippen LogP contribution is -2.69. The quantitative estimate of drug-likeness (QED) is 0.547. The van der Waals surface area contributed by atoms with Gasteiger partial charge in [-0.1, -0.05) is 39.0 Å². The van der Waals surface area contributed by atoms with Gasteiger partial charge in [0.15, 0.2) is 0 Å². The summed E-state index contributed by atoms with van der Waals surface area (Å²) in [6, 6.07) is 0. The summed E-state index contributed by atoms with van der Waals surface area (Å²) in [6.45, 7) is 7.01. The molecule has 3 rings (SSSR count). The van der Waals surface area contributed by atoms with Crippen molar-refractivity contribution in [3.63, 3.8) is 0 Å². The molecule has 0 aromatic carbocycles. The summed E-state index contributed by atoms with van der Waals surface area (Å²) in [5, 5.41) is 0. The number of carbonyl (C=O) groups excluding carboxylic acids is 3. The van der Waals surface area contributed by atoms with E-state index in [9.17, 15) is 14.4 Å². The Morgan fingerprint density at radius 3 is 2.26 bits per heavy atom. The Morgan fingerprint density at radius 2 is 1.70 bits per heavy atom. The minimum atomic E-state index is -1.89. The molecule has 2 saturated heterocycles. The Bertz CT molecular complexity index is 585. The number of hydrogen-bond donors (Lipinski definition) is 0. The Morgan fingerprint density at radius 1 is 1.11 bits per heavy atom. The van der Waals surface area contributed by atoms with E-state index in [2.05, 4.69) is 0 Å². The van der Waals surface area contributed by atoms with Crippen LogP contribution < -0.4 is 0 Å².